The number of anilines is 1. The number of rotatable bonds is 5. The number of fused-ring (bicyclic) bond motifs is 2. The lowest BCUT2D eigenvalue weighted by atomic mass is 10.1. The summed E-state index contributed by atoms with van der Waals surface area (Å²) >= 11 is 7.80. The van der Waals surface area contributed by atoms with Crippen molar-refractivity contribution in [2.75, 3.05) is 25.4 Å². The third-order valence-electron chi connectivity index (χ3n) is 6.06. The average molecular weight is 453 g/mol. The van der Waals surface area contributed by atoms with Gasteiger partial charge in [-0.25, -0.2) is 15.0 Å². The van der Waals surface area contributed by atoms with Gasteiger partial charge in [0.05, 0.1) is 5.52 Å². The lowest BCUT2D eigenvalue weighted by molar-refractivity contribution is 0.0628. The zero-order chi connectivity index (χ0) is 21.4. The summed E-state index contributed by atoms with van der Waals surface area (Å²) in [5, 5.41) is 2.65. The topological polar surface area (TPSA) is 71.2 Å². The lowest BCUT2D eigenvalue weighted by Crippen LogP contribution is -2.51. The van der Waals surface area contributed by atoms with Gasteiger partial charge in [0.25, 0.3) is 0 Å². The number of pyridine rings is 1. The molecule has 0 amide bonds. The van der Waals surface area contributed by atoms with Crippen LogP contribution < -0.4 is 5.73 Å². The van der Waals surface area contributed by atoms with Gasteiger partial charge in [-0.05, 0) is 42.3 Å². The van der Waals surface area contributed by atoms with Crippen molar-refractivity contribution in [3.63, 3.8) is 0 Å². The Morgan fingerprint density at radius 2 is 2.03 bits per heavy atom. The number of thiophene rings is 1. The average Bonchev–Trinajstić information content (AvgIpc) is 3.16. The van der Waals surface area contributed by atoms with Crippen molar-refractivity contribution in [2.45, 2.75) is 32.5 Å². The van der Waals surface area contributed by atoms with E-state index in [4.69, 9.17) is 17.3 Å². The van der Waals surface area contributed by atoms with E-state index in [0.717, 1.165) is 54.9 Å². The summed E-state index contributed by atoms with van der Waals surface area (Å²) in [5.41, 5.74) is 8.14. The van der Waals surface area contributed by atoms with Crippen LogP contribution >= 0.6 is 22.9 Å². The van der Waals surface area contributed by atoms with Crippen molar-refractivity contribution in [3.05, 3.63) is 58.3 Å². The molecule has 160 valence electrons. The van der Waals surface area contributed by atoms with Crippen molar-refractivity contribution < 1.29 is 0 Å². The highest BCUT2D eigenvalue weighted by Gasteiger charge is 2.26. The maximum atomic E-state index is 6.05. The summed E-state index contributed by atoms with van der Waals surface area (Å²) in [6.45, 7) is 7.35. The van der Waals surface area contributed by atoms with E-state index in [1.54, 1.807) is 11.3 Å². The molecular weight excluding hydrogens is 428 g/mol. The van der Waals surface area contributed by atoms with E-state index in [1.165, 1.54) is 22.2 Å². The molecule has 0 spiro atoms. The first-order valence-electron chi connectivity index (χ1n) is 10.6. The number of hydrogen-bond acceptors (Lipinski definition) is 7. The Kier molecular flexibility index (Phi) is 5.75. The van der Waals surface area contributed by atoms with Gasteiger partial charge in [0.2, 0.25) is 0 Å². The Morgan fingerprint density at radius 3 is 2.90 bits per heavy atom. The Bertz CT molecular complexity index is 1230. The molecule has 6 nitrogen and oxygen atoms in total. The molecule has 1 aromatic carbocycles. The maximum absolute atomic E-state index is 6.05. The first-order valence-corrected chi connectivity index (χ1v) is 11.8. The first-order chi connectivity index (χ1) is 15.1. The van der Waals surface area contributed by atoms with Crippen LogP contribution in [0.2, 0.25) is 5.15 Å². The van der Waals surface area contributed by atoms with Gasteiger partial charge in [-0.15, -0.1) is 11.3 Å². The van der Waals surface area contributed by atoms with Gasteiger partial charge in [0.1, 0.15) is 22.1 Å². The smallest absolute Gasteiger partial charge is 0.134 e. The summed E-state index contributed by atoms with van der Waals surface area (Å²) < 4.78 is 0. The van der Waals surface area contributed by atoms with Crippen molar-refractivity contribution >= 4 is 49.9 Å². The lowest BCUT2D eigenvalue weighted by Gasteiger charge is -2.41. The quantitative estimate of drug-likeness (QED) is 0.447. The molecule has 1 fully saturated rings. The second-order valence-corrected chi connectivity index (χ2v) is 9.62. The number of nitrogens with zero attached hydrogens (tertiary/aromatic N) is 5. The van der Waals surface area contributed by atoms with Gasteiger partial charge >= 0.3 is 0 Å². The van der Waals surface area contributed by atoms with Crippen molar-refractivity contribution in [1.82, 2.24) is 24.8 Å². The monoisotopic (exact) mass is 452 g/mol. The summed E-state index contributed by atoms with van der Waals surface area (Å²) in [5.74, 6) is 0.537. The molecular formula is C23H25ClN6S. The molecule has 1 atom stereocenters. The number of nitrogen functional groups attached to an aromatic ring is 1. The highest BCUT2D eigenvalue weighted by molar-refractivity contribution is 7.18. The van der Waals surface area contributed by atoms with Crippen LogP contribution in [-0.4, -0.2) is 50.4 Å². The van der Waals surface area contributed by atoms with Crippen LogP contribution in [0.1, 0.15) is 23.8 Å². The fraction of sp³-hybridized carbons (Fsp3) is 0.348. The number of piperazine rings is 1. The number of benzene rings is 1. The second-order valence-electron chi connectivity index (χ2n) is 8.12. The van der Waals surface area contributed by atoms with Crippen LogP contribution in [-0.2, 0) is 13.1 Å². The van der Waals surface area contributed by atoms with Crippen LogP contribution in [0.5, 0.6) is 0 Å². The number of aromatic nitrogens is 3. The predicted molar refractivity (Wildman–Crippen MR) is 128 cm³/mol. The van der Waals surface area contributed by atoms with Gasteiger partial charge in [-0.2, -0.15) is 0 Å². The summed E-state index contributed by atoms with van der Waals surface area (Å²) in [4.78, 5) is 20.4. The minimum absolute atomic E-state index is 0.536. The summed E-state index contributed by atoms with van der Waals surface area (Å²) in [6.07, 6.45) is 2.66. The highest BCUT2D eigenvalue weighted by Crippen LogP contribution is 2.28. The molecule has 1 aliphatic heterocycles. The molecule has 8 heteroatoms. The predicted octanol–water partition coefficient (Wildman–Crippen LogP) is 4.57. The Hall–Kier alpha value is -2.32. The Labute approximate surface area is 190 Å². The fourth-order valence-electron chi connectivity index (χ4n) is 4.40. The van der Waals surface area contributed by atoms with Crippen LogP contribution in [0, 0.1) is 0 Å². The van der Waals surface area contributed by atoms with E-state index in [2.05, 4.69) is 55.9 Å². The molecule has 4 aromatic rings. The normalized spacial score (nSPS) is 18.2. The van der Waals surface area contributed by atoms with Crippen LogP contribution in [0.4, 0.5) is 5.82 Å². The summed E-state index contributed by atoms with van der Waals surface area (Å²) in [7, 11) is 0. The molecule has 4 heterocycles. The highest BCUT2D eigenvalue weighted by atomic mass is 35.5. The van der Waals surface area contributed by atoms with E-state index in [1.807, 2.05) is 12.1 Å². The minimum atomic E-state index is 0.536. The van der Waals surface area contributed by atoms with E-state index in [-0.39, 0.29) is 0 Å². The Balaban J connectivity index is 1.26. The summed E-state index contributed by atoms with van der Waals surface area (Å²) in [6, 6.07) is 13.0. The fourth-order valence-corrected chi connectivity index (χ4v) is 5.65. The van der Waals surface area contributed by atoms with Crippen molar-refractivity contribution in [2.24, 2.45) is 0 Å². The third-order valence-corrected chi connectivity index (χ3v) is 7.30. The number of hydrogen-bond donors (Lipinski definition) is 1. The van der Waals surface area contributed by atoms with Crippen molar-refractivity contribution in [1.29, 1.82) is 0 Å². The van der Waals surface area contributed by atoms with Gasteiger partial charge in [0, 0.05) is 54.4 Å². The van der Waals surface area contributed by atoms with E-state index in [9.17, 15) is 0 Å². The van der Waals surface area contributed by atoms with E-state index < -0.39 is 0 Å². The molecule has 0 saturated carbocycles. The SMILES string of the molecule is CC[C@H]1CN(Cc2ccc3c(N)ncnc3c2)CCN1Cc1cc2ccc(Cl)nc2s1. The molecule has 1 saturated heterocycles. The zero-order valence-electron chi connectivity index (χ0n) is 17.5. The third kappa shape index (κ3) is 4.36. The molecule has 0 radical (unpaired) electrons. The van der Waals surface area contributed by atoms with Crippen LogP contribution in [0.15, 0.2) is 42.7 Å². The number of halogens is 1. The second kappa shape index (κ2) is 8.67. The van der Waals surface area contributed by atoms with Gasteiger partial charge in [0.15, 0.2) is 0 Å². The standard InChI is InChI=1S/C23H25ClN6S/c1-2-17-12-29(11-15-3-5-19-20(9-15)26-14-27-22(19)25)7-8-30(17)13-18-10-16-4-6-21(24)28-23(16)31-18/h3-6,9-10,14,17H,2,7-8,11-13H2,1H3,(H2,25,26,27)/t17-/m0/s1. The minimum Gasteiger partial charge on any atom is -0.383 e. The van der Waals surface area contributed by atoms with E-state index >= 15 is 0 Å². The van der Waals surface area contributed by atoms with Crippen LogP contribution in [0.25, 0.3) is 21.1 Å². The largest absolute Gasteiger partial charge is 0.383 e. The molecule has 31 heavy (non-hydrogen) atoms. The first kappa shape index (κ1) is 20.6. The zero-order valence-corrected chi connectivity index (χ0v) is 19.0. The van der Waals surface area contributed by atoms with Gasteiger partial charge in [-0.3, -0.25) is 9.80 Å². The molecule has 0 bridgehead atoms. The maximum Gasteiger partial charge on any atom is 0.134 e. The van der Waals surface area contributed by atoms with Crippen LogP contribution in [0.3, 0.4) is 0 Å². The van der Waals surface area contributed by atoms with E-state index in [0.29, 0.717) is 17.0 Å². The molecule has 2 N–H and O–H groups in total. The Morgan fingerprint density at radius 1 is 1.13 bits per heavy atom. The molecule has 3 aromatic heterocycles. The molecule has 1 aliphatic rings. The molecule has 0 unspecified atom stereocenters. The van der Waals surface area contributed by atoms with Crippen molar-refractivity contribution in [3.8, 4) is 0 Å². The number of nitrogens with two attached hydrogens (primary N) is 1. The van der Waals surface area contributed by atoms with Gasteiger partial charge in [-0.1, -0.05) is 24.6 Å². The molecule has 5 rings (SSSR count). The molecule has 0 aliphatic carbocycles. The van der Waals surface area contributed by atoms with Gasteiger partial charge < -0.3 is 5.73 Å².